The lowest BCUT2D eigenvalue weighted by molar-refractivity contribution is 0.0444. The summed E-state index contributed by atoms with van der Waals surface area (Å²) < 4.78 is 11.0. The number of rotatable bonds is 2. The first-order valence-corrected chi connectivity index (χ1v) is 9.77. The number of urea groups is 1. The first-order chi connectivity index (χ1) is 13.3. The molecule has 2 aliphatic heterocycles. The van der Waals surface area contributed by atoms with Crippen molar-refractivity contribution in [3.05, 3.63) is 36.2 Å². The van der Waals surface area contributed by atoms with Gasteiger partial charge >= 0.3 is 6.03 Å². The lowest BCUT2D eigenvalue weighted by Crippen LogP contribution is -2.48. The van der Waals surface area contributed by atoms with Crippen LogP contribution >= 0.6 is 0 Å². The van der Waals surface area contributed by atoms with Crippen LogP contribution in [0.15, 0.2) is 34.9 Å². The van der Waals surface area contributed by atoms with Gasteiger partial charge in [-0.1, -0.05) is 29.8 Å². The van der Waals surface area contributed by atoms with Gasteiger partial charge in [-0.15, -0.1) is 0 Å². The smallest absolute Gasteiger partial charge is 0.320 e. The predicted octanol–water partition coefficient (Wildman–Crippen LogP) is 2.54. The molecule has 1 aromatic carbocycles. The maximum atomic E-state index is 13.0. The second kappa shape index (κ2) is 6.64. The van der Waals surface area contributed by atoms with E-state index in [9.17, 15) is 4.79 Å². The quantitative estimate of drug-likeness (QED) is 0.815. The fourth-order valence-electron chi connectivity index (χ4n) is 4.88. The van der Waals surface area contributed by atoms with Crippen LogP contribution in [0.3, 0.4) is 0 Å². The highest BCUT2D eigenvalue weighted by atomic mass is 16.5. The predicted molar refractivity (Wildman–Crippen MR) is 98.1 cm³/mol. The van der Waals surface area contributed by atoms with Crippen LogP contribution in [0.1, 0.15) is 25.1 Å². The van der Waals surface area contributed by atoms with Crippen LogP contribution in [-0.2, 0) is 10.2 Å². The highest BCUT2D eigenvalue weighted by molar-refractivity contribution is 5.75. The lowest BCUT2D eigenvalue weighted by atomic mass is 9.80. The van der Waals surface area contributed by atoms with Crippen molar-refractivity contribution in [1.82, 2.24) is 19.9 Å². The molecule has 1 aliphatic carbocycles. The number of amides is 2. The van der Waals surface area contributed by atoms with Crippen LogP contribution in [0.5, 0.6) is 0 Å². The number of carbonyl (C=O) groups is 1. The molecule has 2 amide bonds. The third-order valence-corrected chi connectivity index (χ3v) is 6.31. The molecule has 2 aromatic rings. The van der Waals surface area contributed by atoms with Crippen molar-refractivity contribution in [2.75, 3.05) is 39.4 Å². The SMILES string of the molecule is O=C(N1CCOCC1)N1C[C@H]2CCC[C@@]2(c2noc(-c3ccccc3)n2)C1. The van der Waals surface area contributed by atoms with E-state index >= 15 is 0 Å². The number of ether oxygens (including phenoxy) is 1. The summed E-state index contributed by atoms with van der Waals surface area (Å²) in [6.07, 6.45) is 3.28. The molecule has 1 aromatic heterocycles. The molecule has 7 heteroatoms. The van der Waals surface area contributed by atoms with Crippen molar-refractivity contribution >= 4 is 6.03 Å². The van der Waals surface area contributed by atoms with Gasteiger partial charge in [0.2, 0.25) is 0 Å². The van der Waals surface area contributed by atoms with Crippen molar-refractivity contribution in [1.29, 1.82) is 0 Å². The average molecular weight is 368 g/mol. The molecule has 3 fully saturated rings. The second-order valence-electron chi connectivity index (χ2n) is 7.80. The summed E-state index contributed by atoms with van der Waals surface area (Å²) >= 11 is 0. The van der Waals surface area contributed by atoms with Crippen LogP contribution in [-0.4, -0.2) is 65.4 Å². The van der Waals surface area contributed by atoms with Gasteiger partial charge in [-0.05, 0) is 30.9 Å². The van der Waals surface area contributed by atoms with Gasteiger partial charge in [-0.25, -0.2) is 4.79 Å². The number of likely N-dealkylation sites (tertiary alicyclic amines) is 1. The summed E-state index contributed by atoms with van der Waals surface area (Å²) in [5, 5.41) is 4.36. The zero-order valence-electron chi connectivity index (χ0n) is 15.3. The Hall–Kier alpha value is -2.41. The Kier molecular flexibility index (Phi) is 4.11. The number of hydrogen-bond donors (Lipinski definition) is 0. The first-order valence-electron chi connectivity index (χ1n) is 9.77. The number of benzene rings is 1. The summed E-state index contributed by atoms with van der Waals surface area (Å²) in [6, 6.07) is 9.98. The second-order valence-corrected chi connectivity index (χ2v) is 7.80. The van der Waals surface area contributed by atoms with E-state index in [0.29, 0.717) is 44.7 Å². The Balaban J connectivity index is 1.40. The highest BCUT2D eigenvalue weighted by Crippen LogP contribution is 2.50. The van der Waals surface area contributed by atoms with E-state index in [2.05, 4.69) is 5.16 Å². The largest absolute Gasteiger partial charge is 0.378 e. The molecule has 142 valence electrons. The topological polar surface area (TPSA) is 71.7 Å². The van der Waals surface area contributed by atoms with Gasteiger partial charge in [0.15, 0.2) is 5.82 Å². The molecule has 0 unspecified atom stereocenters. The first kappa shape index (κ1) is 16.7. The molecule has 3 heterocycles. The van der Waals surface area contributed by atoms with E-state index in [4.69, 9.17) is 14.2 Å². The summed E-state index contributed by atoms with van der Waals surface area (Å²) in [4.78, 5) is 21.6. The summed E-state index contributed by atoms with van der Waals surface area (Å²) in [5.74, 6) is 1.73. The van der Waals surface area contributed by atoms with E-state index in [1.54, 1.807) is 0 Å². The van der Waals surface area contributed by atoms with Crippen molar-refractivity contribution in [3.8, 4) is 11.5 Å². The van der Waals surface area contributed by atoms with Crippen molar-refractivity contribution in [2.24, 2.45) is 5.92 Å². The number of hydrogen-bond acceptors (Lipinski definition) is 5. The Morgan fingerprint density at radius 1 is 1.15 bits per heavy atom. The maximum absolute atomic E-state index is 13.0. The van der Waals surface area contributed by atoms with E-state index in [1.165, 1.54) is 0 Å². The van der Waals surface area contributed by atoms with Gasteiger partial charge in [-0.3, -0.25) is 0 Å². The Morgan fingerprint density at radius 3 is 2.78 bits per heavy atom. The molecule has 7 nitrogen and oxygen atoms in total. The zero-order chi connectivity index (χ0) is 18.3. The van der Waals surface area contributed by atoms with E-state index in [-0.39, 0.29) is 11.4 Å². The fourth-order valence-corrected chi connectivity index (χ4v) is 4.88. The maximum Gasteiger partial charge on any atom is 0.320 e. The third kappa shape index (κ3) is 2.81. The number of carbonyl (C=O) groups excluding carboxylic acids is 1. The van der Waals surface area contributed by atoms with E-state index < -0.39 is 0 Å². The molecular weight excluding hydrogens is 344 g/mol. The minimum absolute atomic E-state index is 0.124. The van der Waals surface area contributed by atoms with Crippen molar-refractivity contribution in [2.45, 2.75) is 24.7 Å². The van der Waals surface area contributed by atoms with Crippen molar-refractivity contribution < 1.29 is 14.1 Å². The molecule has 0 bridgehead atoms. The normalized spacial score (nSPS) is 27.8. The van der Waals surface area contributed by atoms with E-state index in [0.717, 1.165) is 37.2 Å². The summed E-state index contributed by atoms with van der Waals surface area (Å²) in [5.41, 5.74) is 0.764. The van der Waals surface area contributed by atoms with Crippen LogP contribution in [0, 0.1) is 5.92 Å². The van der Waals surface area contributed by atoms with Crippen molar-refractivity contribution in [3.63, 3.8) is 0 Å². The minimum Gasteiger partial charge on any atom is -0.378 e. The molecular formula is C20H24N4O3. The van der Waals surface area contributed by atoms with Crippen LogP contribution in [0.4, 0.5) is 4.79 Å². The van der Waals surface area contributed by atoms with Gasteiger partial charge in [0.1, 0.15) is 0 Å². The van der Waals surface area contributed by atoms with Gasteiger partial charge in [-0.2, -0.15) is 4.98 Å². The summed E-state index contributed by atoms with van der Waals surface area (Å²) in [7, 11) is 0. The third-order valence-electron chi connectivity index (χ3n) is 6.31. The molecule has 0 spiro atoms. The van der Waals surface area contributed by atoms with Gasteiger partial charge < -0.3 is 19.1 Å². The van der Waals surface area contributed by atoms with Crippen LogP contribution < -0.4 is 0 Å². The number of fused-ring (bicyclic) bond motifs is 1. The summed E-state index contributed by atoms with van der Waals surface area (Å²) in [6.45, 7) is 4.06. The molecule has 3 aliphatic rings. The monoisotopic (exact) mass is 368 g/mol. The Labute approximate surface area is 158 Å². The molecule has 2 atom stereocenters. The average Bonchev–Trinajstić information content (AvgIpc) is 3.43. The van der Waals surface area contributed by atoms with E-state index in [1.807, 2.05) is 40.1 Å². The molecule has 2 saturated heterocycles. The Bertz CT molecular complexity index is 818. The number of nitrogens with zero attached hydrogens (tertiary/aromatic N) is 4. The van der Waals surface area contributed by atoms with Gasteiger partial charge in [0.25, 0.3) is 5.89 Å². The zero-order valence-corrected chi connectivity index (χ0v) is 15.3. The number of morpholine rings is 1. The lowest BCUT2D eigenvalue weighted by Gasteiger charge is -2.32. The van der Waals surface area contributed by atoms with Gasteiger partial charge in [0.05, 0.1) is 18.6 Å². The fraction of sp³-hybridized carbons (Fsp3) is 0.550. The molecule has 0 radical (unpaired) electrons. The Morgan fingerprint density at radius 2 is 1.96 bits per heavy atom. The molecule has 0 N–H and O–H groups in total. The standard InChI is InChI=1S/C20H24N4O3/c25-19(23-9-11-26-12-10-23)24-13-16-7-4-8-20(16,14-24)18-21-17(27-22-18)15-5-2-1-3-6-15/h1-3,5-6,16H,4,7-14H2/t16-,20-/m1/s1. The minimum atomic E-state index is -0.168. The van der Waals surface area contributed by atoms with Crippen LogP contribution in [0.25, 0.3) is 11.5 Å². The van der Waals surface area contributed by atoms with Gasteiger partial charge in [0, 0.05) is 31.7 Å². The highest BCUT2D eigenvalue weighted by Gasteiger charge is 2.55. The molecule has 5 rings (SSSR count). The molecule has 27 heavy (non-hydrogen) atoms. The molecule has 1 saturated carbocycles. The number of aromatic nitrogens is 2. The van der Waals surface area contributed by atoms with Crippen LogP contribution in [0.2, 0.25) is 0 Å².